The molecule has 0 spiro atoms. The van der Waals surface area contributed by atoms with E-state index in [2.05, 4.69) is 5.32 Å². The van der Waals surface area contributed by atoms with Gasteiger partial charge in [0.15, 0.2) is 0 Å². The Morgan fingerprint density at radius 3 is 2.53 bits per heavy atom. The monoisotopic (exact) mass is 284 g/mol. The molecule has 6 nitrogen and oxygen atoms in total. The maximum atomic E-state index is 11.3. The minimum absolute atomic E-state index is 0.00914. The van der Waals surface area contributed by atoms with E-state index < -0.39 is 15.8 Å². The van der Waals surface area contributed by atoms with Crippen molar-refractivity contribution in [2.45, 2.75) is 18.9 Å². The van der Waals surface area contributed by atoms with Crippen LogP contribution in [-0.4, -0.2) is 37.0 Å². The molecule has 0 aliphatic carbocycles. The van der Waals surface area contributed by atoms with Gasteiger partial charge in [-0.05, 0) is 25.0 Å². The van der Waals surface area contributed by atoms with Gasteiger partial charge in [-0.1, -0.05) is 6.07 Å². The molecule has 19 heavy (non-hydrogen) atoms. The minimum Gasteiger partial charge on any atom is -0.478 e. The van der Waals surface area contributed by atoms with Gasteiger partial charge < -0.3 is 16.2 Å². The number of carboxylic acids is 1. The number of carboxylic acid groups (broad SMARTS) is 1. The highest BCUT2D eigenvalue weighted by molar-refractivity contribution is 7.91. The van der Waals surface area contributed by atoms with E-state index in [-0.39, 0.29) is 28.8 Å². The first kappa shape index (κ1) is 13.7. The zero-order valence-corrected chi connectivity index (χ0v) is 11.1. The molecule has 0 amide bonds. The van der Waals surface area contributed by atoms with Gasteiger partial charge in [-0.15, -0.1) is 0 Å². The minimum atomic E-state index is -2.91. The van der Waals surface area contributed by atoms with Crippen molar-refractivity contribution in [1.29, 1.82) is 0 Å². The zero-order valence-electron chi connectivity index (χ0n) is 10.3. The number of carbonyl (C=O) groups is 1. The third-order valence-corrected chi connectivity index (χ3v) is 4.97. The summed E-state index contributed by atoms with van der Waals surface area (Å²) in [6, 6.07) is 4.76. The number of benzene rings is 1. The van der Waals surface area contributed by atoms with E-state index in [0.29, 0.717) is 18.5 Å². The van der Waals surface area contributed by atoms with Gasteiger partial charge in [0, 0.05) is 6.04 Å². The largest absolute Gasteiger partial charge is 0.478 e. The van der Waals surface area contributed by atoms with Crippen LogP contribution in [0.5, 0.6) is 0 Å². The second kappa shape index (κ2) is 5.08. The molecule has 1 aromatic carbocycles. The summed E-state index contributed by atoms with van der Waals surface area (Å²) >= 11 is 0. The van der Waals surface area contributed by atoms with Crippen LogP contribution in [0.25, 0.3) is 0 Å². The number of nitrogens with two attached hydrogens (primary N) is 1. The van der Waals surface area contributed by atoms with E-state index >= 15 is 0 Å². The highest BCUT2D eigenvalue weighted by Crippen LogP contribution is 2.25. The van der Waals surface area contributed by atoms with Crippen LogP contribution in [0.1, 0.15) is 23.2 Å². The third kappa shape index (κ3) is 3.17. The first-order valence-corrected chi connectivity index (χ1v) is 7.80. The fraction of sp³-hybridized carbons (Fsp3) is 0.417. The smallest absolute Gasteiger partial charge is 0.337 e. The quantitative estimate of drug-likeness (QED) is 0.713. The Labute approximate surface area is 111 Å². The van der Waals surface area contributed by atoms with Crippen LogP contribution >= 0.6 is 0 Å². The zero-order chi connectivity index (χ0) is 14.0. The Morgan fingerprint density at radius 1 is 1.32 bits per heavy atom. The first-order chi connectivity index (χ1) is 8.89. The van der Waals surface area contributed by atoms with E-state index in [9.17, 15) is 13.2 Å². The van der Waals surface area contributed by atoms with E-state index in [0.717, 1.165) is 0 Å². The summed E-state index contributed by atoms with van der Waals surface area (Å²) in [5, 5.41) is 12.1. The molecule has 1 heterocycles. The molecule has 7 heteroatoms. The predicted octanol–water partition coefficient (Wildman–Crippen LogP) is 0.956. The van der Waals surface area contributed by atoms with Gasteiger partial charge in [0.2, 0.25) is 0 Å². The van der Waals surface area contributed by atoms with Crippen molar-refractivity contribution in [3.05, 3.63) is 23.8 Å². The van der Waals surface area contributed by atoms with Gasteiger partial charge in [-0.3, -0.25) is 0 Å². The summed E-state index contributed by atoms with van der Waals surface area (Å²) in [6.07, 6.45) is 1.03. The molecule has 0 bridgehead atoms. The highest BCUT2D eigenvalue weighted by atomic mass is 32.2. The lowest BCUT2D eigenvalue weighted by Crippen LogP contribution is -2.32. The molecule has 0 atom stereocenters. The number of sulfone groups is 1. The number of hydrogen-bond donors (Lipinski definition) is 3. The van der Waals surface area contributed by atoms with E-state index in [1.54, 1.807) is 12.1 Å². The average Bonchev–Trinajstić information content (AvgIpc) is 2.34. The fourth-order valence-electron chi connectivity index (χ4n) is 2.13. The van der Waals surface area contributed by atoms with Crippen LogP contribution in [0.15, 0.2) is 18.2 Å². The van der Waals surface area contributed by atoms with Crippen LogP contribution in [0.3, 0.4) is 0 Å². The molecule has 1 fully saturated rings. The SMILES string of the molecule is Nc1c(NC2CCS(=O)(=O)CC2)cccc1C(=O)O. The van der Waals surface area contributed by atoms with Crippen LogP contribution < -0.4 is 11.1 Å². The van der Waals surface area contributed by atoms with Gasteiger partial charge in [0.1, 0.15) is 9.84 Å². The van der Waals surface area contributed by atoms with Crippen molar-refractivity contribution >= 4 is 27.2 Å². The summed E-state index contributed by atoms with van der Waals surface area (Å²) < 4.78 is 22.7. The Hall–Kier alpha value is -1.76. The summed E-state index contributed by atoms with van der Waals surface area (Å²) in [4.78, 5) is 11.0. The maximum absolute atomic E-state index is 11.3. The van der Waals surface area contributed by atoms with Crippen molar-refractivity contribution in [2.24, 2.45) is 0 Å². The number of nitrogens with one attached hydrogen (secondary N) is 1. The molecule has 4 N–H and O–H groups in total. The number of hydrogen-bond acceptors (Lipinski definition) is 5. The molecule has 1 aromatic rings. The summed E-state index contributed by atoms with van der Waals surface area (Å²) in [7, 11) is -2.91. The number of aromatic carboxylic acids is 1. The molecule has 0 saturated carbocycles. The Morgan fingerprint density at radius 2 is 1.95 bits per heavy atom. The lowest BCUT2D eigenvalue weighted by molar-refractivity contribution is 0.0698. The molecule has 1 aliphatic rings. The lowest BCUT2D eigenvalue weighted by atomic mass is 10.1. The molecule has 1 saturated heterocycles. The van der Waals surface area contributed by atoms with Gasteiger partial charge in [-0.25, -0.2) is 13.2 Å². The van der Waals surface area contributed by atoms with Crippen LogP contribution in [-0.2, 0) is 9.84 Å². The number of anilines is 2. The van der Waals surface area contributed by atoms with Gasteiger partial charge in [0.25, 0.3) is 0 Å². The topological polar surface area (TPSA) is 109 Å². The van der Waals surface area contributed by atoms with Gasteiger partial charge >= 0.3 is 5.97 Å². The molecule has 0 radical (unpaired) electrons. The van der Waals surface area contributed by atoms with E-state index in [4.69, 9.17) is 10.8 Å². The molecule has 104 valence electrons. The van der Waals surface area contributed by atoms with Gasteiger partial charge in [-0.2, -0.15) is 0 Å². The molecule has 0 aromatic heterocycles. The average molecular weight is 284 g/mol. The van der Waals surface area contributed by atoms with E-state index in [1.807, 2.05) is 0 Å². The second-order valence-electron chi connectivity index (χ2n) is 4.64. The Kier molecular flexibility index (Phi) is 3.66. The fourth-order valence-corrected chi connectivity index (χ4v) is 3.62. The summed E-state index contributed by atoms with van der Waals surface area (Å²) in [5.74, 6) is -0.765. The van der Waals surface area contributed by atoms with Crippen molar-refractivity contribution in [3.8, 4) is 0 Å². The van der Waals surface area contributed by atoms with Crippen LogP contribution in [0.4, 0.5) is 11.4 Å². The standard InChI is InChI=1S/C12H16N2O4S/c13-11-9(12(15)16)2-1-3-10(11)14-8-4-6-19(17,18)7-5-8/h1-3,8,14H,4-7,13H2,(H,15,16). The van der Waals surface area contributed by atoms with Crippen molar-refractivity contribution < 1.29 is 18.3 Å². The van der Waals surface area contributed by atoms with Crippen molar-refractivity contribution in [2.75, 3.05) is 22.6 Å². The molecule has 0 unspecified atom stereocenters. The van der Waals surface area contributed by atoms with E-state index in [1.165, 1.54) is 6.07 Å². The molecule has 1 aliphatic heterocycles. The lowest BCUT2D eigenvalue weighted by Gasteiger charge is -2.25. The second-order valence-corrected chi connectivity index (χ2v) is 6.95. The first-order valence-electron chi connectivity index (χ1n) is 5.98. The van der Waals surface area contributed by atoms with Gasteiger partial charge in [0.05, 0.1) is 28.4 Å². The number of para-hydroxylation sites is 1. The third-order valence-electron chi connectivity index (χ3n) is 3.25. The van der Waals surface area contributed by atoms with Crippen molar-refractivity contribution in [3.63, 3.8) is 0 Å². The van der Waals surface area contributed by atoms with Crippen molar-refractivity contribution in [1.82, 2.24) is 0 Å². The summed E-state index contributed by atoms with van der Waals surface area (Å²) in [6.45, 7) is 0. The summed E-state index contributed by atoms with van der Waals surface area (Å²) in [5.41, 5.74) is 6.57. The molecular formula is C12H16N2O4S. The highest BCUT2D eigenvalue weighted by Gasteiger charge is 2.24. The normalized spacial score (nSPS) is 18.9. The predicted molar refractivity (Wildman–Crippen MR) is 73.1 cm³/mol. The molecular weight excluding hydrogens is 268 g/mol. The Bertz CT molecular complexity index is 584. The van der Waals surface area contributed by atoms with Crippen LogP contribution in [0, 0.1) is 0 Å². The maximum Gasteiger partial charge on any atom is 0.337 e. The number of rotatable bonds is 3. The number of nitrogen functional groups attached to an aromatic ring is 1. The molecule has 2 rings (SSSR count). The van der Waals surface area contributed by atoms with Crippen LogP contribution in [0.2, 0.25) is 0 Å². The Balaban J connectivity index is 2.12.